The summed E-state index contributed by atoms with van der Waals surface area (Å²) in [7, 11) is 0. The maximum atomic E-state index is 12.9. The first kappa shape index (κ1) is 17.8. The highest BCUT2D eigenvalue weighted by Gasteiger charge is 2.31. The molecule has 142 valence electrons. The lowest BCUT2D eigenvalue weighted by molar-refractivity contribution is 0.0700. The van der Waals surface area contributed by atoms with Gasteiger partial charge in [-0.05, 0) is 43.3 Å². The summed E-state index contributed by atoms with van der Waals surface area (Å²) < 4.78 is 9.51. The molecule has 1 N–H and O–H groups in total. The number of nitrogens with one attached hydrogen (secondary N) is 1. The van der Waals surface area contributed by atoms with E-state index in [4.69, 9.17) is 4.52 Å². The summed E-state index contributed by atoms with van der Waals surface area (Å²) >= 11 is 1.31. The molecule has 1 aliphatic rings. The van der Waals surface area contributed by atoms with E-state index in [0.29, 0.717) is 23.9 Å². The number of carbonyl (C=O) groups excluding carboxylic acids is 1. The molecule has 3 aromatic heterocycles. The van der Waals surface area contributed by atoms with E-state index in [1.807, 2.05) is 24.0 Å². The van der Waals surface area contributed by atoms with Gasteiger partial charge in [0.05, 0.1) is 11.4 Å². The number of aryl methyl sites for hydroxylation is 1. The van der Waals surface area contributed by atoms with Crippen molar-refractivity contribution >= 4 is 17.4 Å². The second kappa shape index (κ2) is 7.22. The quantitative estimate of drug-likeness (QED) is 0.738. The Morgan fingerprint density at radius 1 is 1.41 bits per heavy atom. The molecule has 1 amide bonds. The van der Waals surface area contributed by atoms with Gasteiger partial charge in [0.2, 0.25) is 0 Å². The third-order valence-corrected chi connectivity index (χ3v) is 5.66. The number of hydrogen-bond acceptors (Lipinski definition) is 7. The molecule has 4 rings (SSSR count). The van der Waals surface area contributed by atoms with Gasteiger partial charge in [0.15, 0.2) is 5.76 Å². The van der Waals surface area contributed by atoms with E-state index in [9.17, 15) is 4.79 Å². The molecule has 1 aliphatic heterocycles. The molecule has 0 aromatic carbocycles. The normalized spacial score (nSPS) is 17.6. The van der Waals surface area contributed by atoms with Crippen LogP contribution in [0.25, 0.3) is 10.6 Å². The van der Waals surface area contributed by atoms with Crippen molar-refractivity contribution in [3.63, 3.8) is 0 Å². The van der Waals surface area contributed by atoms with Crippen LogP contribution in [0.3, 0.4) is 0 Å². The first-order valence-corrected chi connectivity index (χ1v) is 9.90. The summed E-state index contributed by atoms with van der Waals surface area (Å²) in [6.45, 7) is 7.36. The summed E-state index contributed by atoms with van der Waals surface area (Å²) in [5.74, 6) is 1.09. The molecule has 0 unspecified atom stereocenters. The highest BCUT2D eigenvalue weighted by Crippen LogP contribution is 2.35. The topological polar surface area (TPSA) is 101 Å². The summed E-state index contributed by atoms with van der Waals surface area (Å²) in [5, 5.41) is 15.5. The van der Waals surface area contributed by atoms with Crippen LogP contribution in [0.4, 0.5) is 0 Å². The average molecular weight is 386 g/mol. The van der Waals surface area contributed by atoms with Gasteiger partial charge in [-0.3, -0.25) is 9.89 Å². The molecule has 8 nitrogen and oxygen atoms in total. The van der Waals surface area contributed by atoms with Crippen molar-refractivity contribution in [3.05, 3.63) is 34.9 Å². The number of rotatable bonds is 4. The standard InChI is InChI=1S/C18H22N6O2S/c1-10(2)13-8-14(20-19-13)18(25)24-6-4-5-12(9-24)16-17(27-23-21-16)15-7-11(3)22-26-15/h7-8,10,12H,4-6,9H2,1-3H3,(H,19,20)/t12-/m1/s1. The lowest BCUT2D eigenvalue weighted by atomic mass is 9.93. The zero-order valence-corrected chi connectivity index (χ0v) is 16.4. The predicted molar refractivity (Wildman–Crippen MR) is 101 cm³/mol. The van der Waals surface area contributed by atoms with Gasteiger partial charge in [-0.25, -0.2) is 0 Å². The number of likely N-dealkylation sites (tertiary alicyclic amines) is 1. The van der Waals surface area contributed by atoms with Gasteiger partial charge < -0.3 is 9.42 Å². The molecule has 0 bridgehead atoms. The highest BCUT2D eigenvalue weighted by atomic mass is 32.1. The third-order valence-electron chi connectivity index (χ3n) is 4.90. The molecular weight excluding hydrogens is 364 g/mol. The van der Waals surface area contributed by atoms with Crippen LogP contribution < -0.4 is 0 Å². The van der Waals surface area contributed by atoms with Crippen LogP contribution in [0.1, 0.15) is 66.1 Å². The molecular formula is C18H22N6O2S. The van der Waals surface area contributed by atoms with E-state index < -0.39 is 0 Å². The minimum atomic E-state index is -0.0388. The van der Waals surface area contributed by atoms with E-state index in [-0.39, 0.29) is 11.8 Å². The molecule has 9 heteroatoms. The van der Waals surface area contributed by atoms with Crippen molar-refractivity contribution in [1.29, 1.82) is 0 Å². The molecule has 1 saturated heterocycles. The predicted octanol–water partition coefficient (Wildman–Crippen LogP) is 3.37. The number of nitrogens with zero attached hydrogens (tertiary/aromatic N) is 5. The van der Waals surface area contributed by atoms with E-state index in [1.165, 1.54) is 11.5 Å². The smallest absolute Gasteiger partial charge is 0.274 e. The average Bonchev–Trinajstić information content (AvgIpc) is 3.41. The Labute approximate surface area is 161 Å². The molecule has 0 aliphatic carbocycles. The number of H-pyrrole nitrogens is 1. The van der Waals surface area contributed by atoms with Crippen molar-refractivity contribution in [1.82, 2.24) is 29.8 Å². The number of piperidine rings is 1. The molecule has 0 spiro atoms. The molecule has 0 radical (unpaired) electrons. The Kier molecular flexibility index (Phi) is 4.77. The van der Waals surface area contributed by atoms with E-state index >= 15 is 0 Å². The first-order valence-electron chi connectivity index (χ1n) is 9.13. The zero-order valence-electron chi connectivity index (χ0n) is 15.6. The van der Waals surface area contributed by atoms with Crippen LogP contribution in [0.5, 0.6) is 0 Å². The van der Waals surface area contributed by atoms with Crippen LogP contribution in [-0.4, -0.2) is 48.8 Å². The monoisotopic (exact) mass is 386 g/mol. The van der Waals surface area contributed by atoms with Gasteiger partial charge in [0.1, 0.15) is 10.6 Å². The van der Waals surface area contributed by atoms with E-state index in [0.717, 1.165) is 41.3 Å². The van der Waals surface area contributed by atoms with Crippen molar-refractivity contribution in [2.24, 2.45) is 0 Å². The minimum Gasteiger partial charge on any atom is -0.355 e. The Bertz CT molecular complexity index is 943. The van der Waals surface area contributed by atoms with E-state index in [1.54, 1.807) is 0 Å². The van der Waals surface area contributed by atoms with Crippen molar-refractivity contribution in [2.75, 3.05) is 13.1 Å². The number of amides is 1. The fraction of sp³-hybridized carbons (Fsp3) is 0.500. The SMILES string of the molecule is Cc1cc(-c2snnc2[C@@H]2CCCN(C(=O)c3cc(C(C)C)[nH]n3)C2)on1. The van der Waals surface area contributed by atoms with Gasteiger partial charge in [-0.2, -0.15) is 5.10 Å². The Hall–Kier alpha value is -2.55. The third kappa shape index (κ3) is 3.51. The van der Waals surface area contributed by atoms with Crippen LogP contribution >= 0.6 is 11.5 Å². The maximum Gasteiger partial charge on any atom is 0.274 e. The second-order valence-corrected chi connectivity index (χ2v) is 8.03. The van der Waals surface area contributed by atoms with Gasteiger partial charge in [0.25, 0.3) is 5.91 Å². The van der Waals surface area contributed by atoms with Crippen LogP contribution in [-0.2, 0) is 0 Å². The lowest BCUT2D eigenvalue weighted by Gasteiger charge is -2.31. The van der Waals surface area contributed by atoms with Gasteiger partial charge in [-0.15, -0.1) is 5.10 Å². The molecule has 27 heavy (non-hydrogen) atoms. The van der Waals surface area contributed by atoms with Crippen LogP contribution in [0.2, 0.25) is 0 Å². The summed E-state index contributed by atoms with van der Waals surface area (Å²) in [4.78, 5) is 15.7. The molecule has 4 heterocycles. The largest absolute Gasteiger partial charge is 0.355 e. The number of aromatic amines is 1. The number of carbonyl (C=O) groups is 1. The number of aromatic nitrogens is 5. The van der Waals surface area contributed by atoms with Gasteiger partial charge in [0, 0.05) is 30.8 Å². The molecule has 1 atom stereocenters. The van der Waals surface area contributed by atoms with Crippen molar-refractivity contribution < 1.29 is 9.32 Å². The Balaban J connectivity index is 1.53. The summed E-state index contributed by atoms with van der Waals surface area (Å²) in [5.41, 5.74) is 3.16. The Morgan fingerprint density at radius 3 is 2.96 bits per heavy atom. The highest BCUT2D eigenvalue weighted by molar-refractivity contribution is 7.09. The Morgan fingerprint density at radius 2 is 2.26 bits per heavy atom. The summed E-state index contributed by atoms with van der Waals surface area (Å²) in [6.07, 6.45) is 1.89. The van der Waals surface area contributed by atoms with Gasteiger partial charge >= 0.3 is 0 Å². The number of hydrogen-bond donors (Lipinski definition) is 1. The van der Waals surface area contributed by atoms with Crippen molar-refractivity contribution in [3.8, 4) is 10.6 Å². The maximum absolute atomic E-state index is 12.9. The van der Waals surface area contributed by atoms with Crippen molar-refractivity contribution in [2.45, 2.75) is 45.4 Å². The lowest BCUT2D eigenvalue weighted by Crippen LogP contribution is -2.39. The molecule has 3 aromatic rings. The van der Waals surface area contributed by atoms with Crippen LogP contribution in [0.15, 0.2) is 16.7 Å². The minimum absolute atomic E-state index is 0.0388. The molecule has 1 fully saturated rings. The van der Waals surface area contributed by atoms with Gasteiger partial charge in [-0.1, -0.05) is 23.5 Å². The second-order valence-electron chi connectivity index (χ2n) is 7.27. The van der Waals surface area contributed by atoms with Crippen LogP contribution in [0, 0.1) is 6.92 Å². The first-order chi connectivity index (χ1) is 13.0. The fourth-order valence-electron chi connectivity index (χ4n) is 3.39. The van der Waals surface area contributed by atoms with E-state index in [2.05, 4.69) is 38.8 Å². The summed E-state index contributed by atoms with van der Waals surface area (Å²) in [6, 6.07) is 3.74. The molecule has 0 saturated carbocycles. The zero-order chi connectivity index (χ0) is 19.0. The fourth-order valence-corrected chi connectivity index (χ4v) is 4.09.